The summed E-state index contributed by atoms with van der Waals surface area (Å²) in [6, 6.07) is 4.20. The standard InChI is InChI=1S/C17H26N4O2/c1-12(2)19-16-13(5-4-7-18-16)17(22)21-8-6-15-14(11-21)20(3)9-10-23-15/h4-5,7,12,14-15H,6,8-11H2,1-3H3,(H,18,19)/t14-,15+/m1/s1. The second kappa shape index (κ2) is 6.84. The Morgan fingerprint density at radius 1 is 1.43 bits per heavy atom. The van der Waals surface area contributed by atoms with Gasteiger partial charge in [-0.1, -0.05) is 0 Å². The molecule has 0 aliphatic carbocycles. The molecule has 3 rings (SSSR count). The summed E-state index contributed by atoms with van der Waals surface area (Å²) in [5.41, 5.74) is 0.652. The number of pyridine rings is 1. The van der Waals surface area contributed by atoms with Crippen LogP contribution >= 0.6 is 0 Å². The zero-order chi connectivity index (χ0) is 16.4. The maximum atomic E-state index is 13.0. The number of piperidine rings is 1. The number of carbonyl (C=O) groups excluding carboxylic acids is 1. The zero-order valence-corrected chi connectivity index (χ0v) is 14.2. The van der Waals surface area contributed by atoms with E-state index in [1.165, 1.54) is 0 Å². The number of nitrogens with one attached hydrogen (secondary N) is 1. The van der Waals surface area contributed by atoms with Crippen LogP contribution in [0.5, 0.6) is 0 Å². The van der Waals surface area contributed by atoms with Gasteiger partial charge in [-0.05, 0) is 39.4 Å². The lowest BCUT2D eigenvalue weighted by Gasteiger charge is -2.45. The molecule has 2 fully saturated rings. The molecule has 2 aliphatic heterocycles. The largest absolute Gasteiger partial charge is 0.375 e. The lowest BCUT2D eigenvalue weighted by molar-refractivity contribution is -0.0893. The Kier molecular flexibility index (Phi) is 4.82. The van der Waals surface area contributed by atoms with Crippen LogP contribution in [0.3, 0.4) is 0 Å². The molecule has 0 aromatic carbocycles. The summed E-state index contributed by atoms with van der Waals surface area (Å²) >= 11 is 0. The van der Waals surface area contributed by atoms with Crippen molar-refractivity contribution in [1.82, 2.24) is 14.8 Å². The second-order valence-corrected chi connectivity index (χ2v) is 6.70. The first-order valence-corrected chi connectivity index (χ1v) is 8.39. The van der Waals surface area contributed by atoms with Gasteiger partial charge in [0.05, 0.1) is 24.3 Å². The summed E-state index contributed by atoms with van der Waals surface area (Å²) in [6.45, 7) is 7.26. The third-order valence-corrected chi connectivity index (χ3v) is 4.61. The topological polar surface area (TPSA) is 57.7 Å². The molecule has 0 radical (unpaired) electrons. The van der Waals surface area contributed by atoms with Gasteiger partial charge in [-0.15, -0.1) is 0 Å². The van der Waals surface area contributed by atoms with E-state index in [0.717, 1.165) is 32.7 Å². The predicted molar refractivity (Wildman–Crippen MR) is 89.7 cm³/mol. The lowest BCUT2D eigenvalue weighted by Crippen LogP contribution is -2.59. The van der Waals surface area contributed by atoms with Gasteiger partial charge in [-0.25, -0.2) is 4.98 Å². The molecule has 0 unspecified atom stereocenters. The van der Waals surface area contributed by atoms with Crippen molar-refractivity contribution in [2.45, 2.75) is 38.5 Å². The van der Waals surface area contributed by atoms with Crippen molar-refractivity contribution in [1.29, 1.82) is 0 Å². The molecule has 23 heavy (non-hydrogen) atoms. The van der Waals surface area contributed by atoms with Crippen LogP contribution in [0, 0.1) is 0 Å². The molecule has 0 saturated carbocycles. The number of aromatic nitrogens is 1. The number of carbonyl (C=O) groups is 1. The molecule has 1 aromatic heterocycles. The van der Waals surface area contributed by atoms with E-state index >= 15 is 0 Å². The van der Waals surface area contributed by atoms with Crippen molar-refractivity contribution in [2.24, 2.45) is 0 Å². The Labute approximate surface area is 137 Å². The van der Waals surface area contributed by atoms with E-state index in [1.807, 2.05) is 30.9 Å². The zero-order valence-electron chi connectivity index (χ0n) is 14.2. The van der Waals surface area contributed by atoms with E-state index in [-0.39, 0.29) is 18.1 Å². The molecule has 6 nitrogen and oxygen atoms in total. The molecule has 6 heteroatoms. The summed E-state index contributed by atoms with van der Waals surface area (Å²) in [4.78, 5) is 21.6. The van der Waals surface area contributed by atoms with Crippen LogP contribution < -0.4 is 5.32 Å². The number of likely N-dealkylation sites (tertiary alicyclic amines) is 1. The number of ether oxygens (including phenoxy) is 1. The number of fused-ring (bicyclic) bond motifs is 1. The molecule has 0 bridgehead atoms. The van der Waals surface area contributed by atoms with Gasteiger partial charge in [0.1, 0.15) is 5.82 Å². The minimum Gasteiger partial charge on any atom is -0.375 e. The molecule has 126 valence electrons. The third-order valence-electron chi connectivity index (χ3n) is 4.61. The van der Waals surface area contributed by atoms with Crippen molar-refractivity contribution in [2.75, 3.05) is 38.6 Å². The second-order valence-electron chi connectivity index (χ2n) is 6.70. The number of anilines is 1. The molecule has 1 N–H and O–H groups in total. The first-order valence-electron chi connectivity index (χ1n) is 8.39. The molecular formula is C17H26N4O2. The molecule has 2 atom stereocenters. The van der Waals surface area contributed by atoms with E-state index in [4.69, 9.17) is 4.74 Å². The minimum atomic E-state index is 0.0543. The number of amides is 1. The number of likely N-dealkylation sites (N-methyl/N-ethyl adjacent to an activating group) is 1. The highest BCUT2D eigenvalue weighted by Crippen LogP contribution is 2.24. The Morgan fingerprint density at radius 2 is 2.26 bits per heavy atom. The van der Waals surface area contributed by atoms with Gasteiger partial charge in [-0.3, -0.25) is 9.69 Å². The highest BCUT2D eigenvalue weighted by atomic mass is 16.5. The summed E-state index contributed by atoms with van der Waals surface area (Å²) in [6.07, 6.45) is 2.87. The fourth-order valence-electron chi connectivity index (χ4n) is 3.36. The number of nitrogens with zero attached hydrogens (tertiary/aromatic N) is 3. The van der Waals surface area contributed by atoms with Gasteiger partial charge < -0.3 is 15.0 Å². The summed E-state index contributed by atoms with van der Waals surface area (Å²) in [5.74, 6) is 0.724. The summed E-state index contributed by atoms with van der Waals surface area (Å²) in [7, 11) is 2.12. The van der Waals surface area contributed by atoms with Crippen molar-refractivity contribution in [3.8, 4) is 0 Å². The highest BCUT2D eigenvalue weighted by Gasteiger charge is 2.37. The molecule has 1 amide bonds. The number of rotatable bonds is 3. The fraction of sp³-hybridized carbons (Fsp3) is 0.647. The van der Waals surface area contributed by atoms with Crippen LogP contribution in [0.2, 0.25) is 0 Å². The average Bonchev–Trinajstić information content (AvgIpc) is 2.54. The number of hydrogen-bond acceptors (Lipinski definition) is 5. The van der Waals surface area contributed by atoms with Gasteiger partial charge in [0.15, 0.2) is 0 Å². The van der Waals surface area contributed by atoms with E-state index in [1.54, 1.807) is 6.20 Å². The van der Waals surface area contributed by atoms with Crippen LogP contribution in [0.25, 0.3) is 0 Å². The van der Waals surface area contributed by atoms with Crippen molar-refractivity contribution >= 4 is 11.7 Å². The Balaban J connectivity index is 1.76. The van der Waals surface area contributed by atoms with Gasteiger partial charge >= 0.3 is 0 Å². The van der Waals surface area contributed by atoms with Crippen molar-refractivity contribution in [3.05, 3.63) is 23.9 Å². The maximum Gasteiger partial charge on any atom is 0.257 e. The molecular weight excluding hydrogens is 292 g/mol. The Bertz CT molecular complexity index is 563. The lowest BCUT2D eigenvalue weighted by atomic mass is 9.98. The fourth-order valence-corrected chi connectivity index (χ4v) is 3.36. The van der Waals surface area contributed by atoms with E-state index < -0.39 is 0 Å². The van der Waals surface area contributed by atoms with E-state index in [0.29, 0.717) is 17.4 Å². The van der Waals surface area contributed by atoms with E-state index in [9.17, 15) is 4.79 Å². The quantitative estimate of drug-likeness (QED) is 0.914. The Hall–Kier alpha value is -1.66. The van der Waals surface area contributed by atoms with E-state index in [2.05, 4.69) is 22.2 Å². The van der Waals surface area contributed by atoms with Crippen LogP contribution in [0.1, 0.15) is 30.6 Å². The van der Waals surface area contributed by atoms with Gasteiger partial charge in [0, 0.05) is 31.9 Å². The molecule has 2 saturated heterocycles. The van der Waals surface area contributed by atoms with Crippen LogP contribution in [-0.2, 0) is 4.74 Å². The maximum absolute atomic E-state index is 13.0. The SMILES string of the molecule is CC(C)Nc1ncccc1C(=O)N1CC[C@@H]2OCCN(C)[C@@H]2C1. The molecule has 3 heterocycles. The average molecular weight is 318 g/mol. The smallest absolute Gasteiger partial charge is 0.257 e. The third kappa shape index (κ3) is 3.48. The number of morpholine rings is 1. The molecule has 0 spiro atoms. The first-order chi connectivity index (χ1) is 11.1. The molecule has 2 aliphatic rings. The first kappa shape index (κ1) is 16.2. The summed E-state index contributed by atoms with van der Waals surface area (Å²) < 4.78 is 5.86. The number of hydrogen-bond donors (Lipinski definition) is 1. The van der Waals surface area contributed by atoms with Gasteiger partial charge in [-0.2, -0.15) is 0 Å². The van der Waals surface area contributed by atoms with Crippen LogP contribution in [0.15, 0.2) is 18.3 Å². The van der Waals surface area contributed by atoms with Gasteiger partial charge in [0.2, 0.25) is 0 Å². The van der Waals surface area contributed by atoms with Crippen LogP contribution in [-0.4, -0.2) is 72.2 Å². The van der Waals surface area contributed by atoms with Crippen molar-refractivity contribution < 1.29 is 9.53 Å². The minimum absolute atomic E-state index is 0.0543. The summed E-state index contributed by atoms with van der Waals surface area (Å²) in [5, 5.41) is 3.26. The van der Waals surface area contributed by atoms with Gasteiger partial charge in [0.25, 0.3) is 5.91 Å². The Morgan fingerprint density at radius 3 is 3.04 bits per heavy atom. The monoisotopic (exact) mass is 318 g/mol. The predicted octanol–water partition coefficient (Wildman–Crippen LogP) is 1.45. The highest BCUT2D eigenvalue weighted by molar-refractivity contribution is 5.98. The molecule has 1 aromatic rings. The normalized spacial score (nSPS) is 25.3. The van der Waals surface area contributed by atoms with Crippen LogP contribution in [0.4, 0.5) is 5.82 Å². The van der Waals surface area contributed by atoms with Crippen molar-refractivity contribution in [3.63, 3.8) is 0 Å².